The summed E-state index contributed by atoms with van der Waals surface area (Å²) >= 11 is 1.61. The number of aromatic nitrogens is 1. The van der Waals surface area contributed by atoms with Gasteiger partial charge in [-0.1, -0.05) is 24.3 Å². The normalized spacial score (nSPS) is 28.9. The Bertz CT molecular complexity index is 845. The number of aliphatic hydroxyl groups excluding tert-OH is 1. The SMILES string of the molecule is Cc1ncsc1-c1ccc([C@]2(C)N=C(C3C[C@@H](O)CN3)NC2=O)cc1. The van der Waals surface area contributed by atoms with Crippen LogP contribution in [-0.4, -0.2) is 40.5 Å². The van der Waals surface area contributed by atoms with Crippen LogP contribution in [0.2, 0.25) is 0 Å². The Morgan fingerprint density at radius 1 is 1.32 bits per heavy atom. The predicted octanol–water partition coefficient (Wildman–Crippen LogP) is 1.58. The molecule has 1 aromatic carbocycles. The molecule has 0 aliphatic carbocycles. The van der Waals surface area contributed by atoms with Crippen molar-refractivity contribution in [1.29, 1.82) is 0 Å². The molecular weight excluding hydrogens is 336 g/mol. The minimum absolute atomic E-state index is 0.0973. The number of carbonyl (C=O) groups is 1. The molecule has 0 spiro atoms. The van der Waals surface area contributed by atoms with Crippen molar-refractivity contribution in [2.24, 2.45) is 4.99 Å². The van der Waals surface area contributed by atoms with Gasteiger partial charge >= 0.3 is 0 Å². The molecule has 3 N–H and O–H groups in total. The zero-order chi connectivity index (χ0) is 17.6. The van der Waals surface area contributed by atoms with Gasteiger partial charge in [-0.15, -0.1) is 11.3 Å². The summed E-state index contributed by atoms with van der Waals surface area (Å²) in [5, 5.41) is 15.8. The lowest BCUT2D eigenvalue weighted by molar-refractivity contribution is -0.123. The highest BCUT2D eigenvalue weighted by atomic mass is 32.1. The zero-order valence-electron chi connectivity index (χ0n) is 14.1. The second-order valence-electron chi connectivity index (χ2n) is 6.72. The average molecular weight is 356 g/mol. The van der Waals surface area contributed by atoms with Crippen LogP contribution in [-0.2, 0) is 10.3 Å². The number of thiazole rings is 1. The van der Waals surface area contributed by atoms with E-state index in [-0.39, 0.29) is 11.9 Å². The zero-order valence-corrected chi connectivity index (χ0v) is 14.9. The van der Waals surface area contributed by atoms with Crippen molar-refractivity contribution < 1.29 is 9.90 Å². The lowest BCUT2D eigenvalue weighted by atomic mass is 9.91. The van der Waals surface area contributed by atoms with Gasteiger partial charge in [-0.3, -0.25) is 4.79 Å². The third-order valence-electron chi connectivity index (χ3n) is 4.92. The Hall–Kier alpha value is -2.09. The number of rotatable bonds is 3. The Morgan fingerprint density at radius 3 is 2.68 bits per heavy atom. The summed E-state index contributed by atoms with van der Waals surface area (Å²) in [6.45, 7) is 4.35. The van der Waals surface area contributed by atoms with Crippen LogP contribution in [0, 0.1) is 6.92 Å². The van der Waals surface area contributed by atoms with Crippen LogP contribution in [0.1, 0.15) is 24.6 Å². The number of benzene rings is 1. The molecule has 2 aromatic rings. The number of aryl methyl sites for hydroxylation is 1. The van der Waals surface area contributed by atoms with Crippen LogP contribution in [0.15, 0.2) is 34.8 Å². The van der Waals surface area contributed by atoms with Gasteiger partial charge in [-0.2, -0.15) is 0 Å². The van der Waals surface area contributed by atoms with Gasteiger partial charge in [0.1, 0.15) is 5.84 Å². The van der Waals surface area contributed by atoms with E-state index in [2.05, 4.69) is 20.6 Å². The quantitative estimate of drug-likeness (QED) is 0.779. The molecule has 1 aromatic heterocycles. The smallest absolute Gasteiger partial charge is 0.257 e. The summed E-state index contributed by atoms with van der Waals surface area (Å²) in [5.41, 5.74) is 3.85. The van der Waals surface area contributed by atoms with E-state index in [4.69, 9.17) is 0 Å². The molecule has 0 saturated carbocycles. The first-order valence-corrected chi connectivity index (χ1v) is 9.19. The summed E-state index contributed by atoms with van der Waals surface area (Å²) in [6, 6.07) is 7.84. The van der Waals surface area contributed by atoms with Gasteiger partial charge < -0.3 is 15.7 Å². The number of β-amino-alcohol motifs (C(OH)–C–C–N with tert-alkyl or cyclic N) is 1. The third-order valence-corrected chi connectivity index (χ3v) is 5.90. The van der Waals surface area contributed by atoms with Crippen molar-refractivity contribution in [3.8, 4) is 10.4 Å². The van der Waals surface area contributed by atoms with E-state index in [1.807, 2.05) is 43.6 Å². The second kappa shape index (κ2) is 6.01. The fraction of sp³-hybridized carbons (Fsp3) is 0.389. The summed E-state index contributed by atoms with van der Waals surface area (Å²) in [5.74, 6) is 0.485. The van der Waals surface area contributed by atoms with Crippen molar-refractivity contribution in [2.45, 2.75) is 38.0 Å². The average Bonchev–Trinajstić information content (AvgIpc) is 3.29. The third kappa shape index (κ3) is 2.78. The van der Waals surface area contributed by atoms with Crippen LogP contribution in [0.4, 0.5) is 0 Å². The Labute approximate surface area is 150 Å². The van der Waals surface area contributed by atoms with Gasteiger partial charge in [-0.25, -0.2) is 9.98 Å². The molecule has 25 heavy (non-hydrogen) atoms. The largest absolute Gasteiger partial charge is 0.392 e. The van der Waals surface area contributed by atoms with Crippen molar-refractivity contribution in [3.05, 3.63) is 41.0 Å². The Balaban J connectivity index is 1.63. The molecule has 6 nitrogen and oxygen atoms in total. The molecule has 1 unspecified atom stereocenters. The number of amides is 1. The maximum absolute atomic E-state index is 12.6. The number of hydrogen-bond donors (Lipinski definition) is 3. The van der Waals surface area contributed by atoms with Crippen molar-refractivity contribution >= 4 is 23.1 Å². The second-order valence-corrected chi connectivity index (χ2v) is 7.57. The number of carbonyl (C=O) groups excluding carboxylic acids is 1. The molecule has 2 aliphatic heterocycles. The number of hydrogen-bond acceptors (Lipinski definition) is 6. The van der Waals surface area contributed by atoms with Gasteiger partial charge in [-0.05, 0) is 31.4 Å². The molecule has 1 saturated heterocycles. The summed E-state index contributed by atoms with van der Waals surface area (Å²) in [7, 11) is 0. The van der Waals surface area contributed by atoms with E-state index in [0.29, 0.717) is 18.8 Å². The summed E-state index contributed by atoms with van der Waals surface area (Å²) in [6.07, 6.45) is 0.178. The predicted molar refractivity (Wildman–Crippen MR) is 97.6 cm³/mol. The molecule has 7 heteroatoms. The first-order chi connectivity index (χ1) is 12.0. The van der Waals surface area contributed by atoms with Crippen LogP contribution < -0.4 is 10.6 Å². The van der Waals surface area contributed by atoms with Crippen molar-refractivity contribution in [3.63, 3.8) is 0 Å². The molecule has 3 heterocycles. The van der Waals surface area contributed by atoms with E-state index >= 15 is 0 Å². The standard InChI is InChI=1S/C18H20N4O2S/c1-10-15(25-9-20-10)11-3-5-12(6-4-11)18(2)17(24)21-16(22-18)14-7-13(23)8-19-14/h3-6,9,13-14,19,23H,7-8H2,1-2H3,(H,21,22,24)/t13-,14?,18+/m1/s1. The Kier molecular flexibility index (Phi) is 3.94. The first-order valence-electron chi connectivity index (χ1n) is 8.31. The number of amidine groups is 1. The highest BCUT2D eigenvalue weighted by Gasteiger charge is 2.43. The molecular formula is C18H20N4O2S. The molecule has 2 aliphatic rings. The topological polar surface area (TPSA) is 86.6 Å². The molecule has 3 atom stereocenters. The molecule has 0 bridgehead atoms. The van der Waals surface area contributed by atoms with Crippen LogP contribution in [0.3, 0.4) is 0 Å². The number of nitrogens with zero attached hydrogens (tertiary/aromatic N) is 2. The van der Waals surface area contributed by atoms with Crippen molar-refractivity contribution in [1.82, 2.24) is 15.6 Å². The van der Waals surface area contributed by atoms with Crippen LogP contribution in [0.5, 0.6) is 0 Å². The summed E-state index contributed by atoms with van der Waals surface area (Å²) < 4.78 is 0. The lowest BCUT2D eigenvalue weighted by Crippen LogP contribution is -2.41. The minimum atomic E-state index is -0.939. The van der Waals surface area contributed by atoms with E-state index in [1.165, 1.54) is 0 Å². The van der Waals surface area contributed by atoms with Gasteiger partial charge in [0.05, 0.1) is 28.2 Å². The number of aliphatic hydroxyl groups is 1. The van der Waals surface area contributed by atoms with E-state index < -0.39 is 11.6 Å². The highest BCUT2D eigenvalue weighted by molar-refractivity contribution is 7.13. The van der Waals surface area contributed by atoms with E-state index in [1.54, 1.807) is 11.3 Å². The molecule has 4 rings (SSSR count). The fourth-order valence-corrected chi connectivity index (χ4v) is 4.18. The molecule has 0 radical (unpaired) electrons. The fourth-order valence-electron chi connectivity index (χ4n) is 3.37. The highest BCUT2D eigenvalue weighted by Crippen LogP contribution is 2.33. The van der Waals surface area contributed by atoms with Crippen LogP contribution >= 0.6 is 11.3 Å². The molecule has 1 fully saturated rings. The lowest BCUT2D eigenvalue weighted by Gasteiger charge is -2.18. The number of aliphatic imine (C=N–C) groups is 1. The maximum atomic E-state index is 12.6. The molecule has 1 amide bonds. The summed E-state index contributed by atoms with van der Waals surface area (Å²) in [4.78, 5) is 22.7. The van der Waals surface area contributed by atoms with Crippen LogP contribution in [0.25, 0.3) is 10.4 Å². The van der Waals surface area contributed by atoms with Gasteiger partial charge in [0.25, 0.3) is 5.91 Å². The maximum Gasteiger partial charge on any atom is 0.257 e. The van der Waals surface area contributed by atoms with E-state index in [0.717, 1.165) is 21.7 Å². The Morgan fingerprint density at radius 2 is 2.08 bits per heavy atom. The van der Waals surface area contributed by atoms with Gasteiger partial charge in [0.2, 0.25) is 0 Å². The monoisotopic (exact) mass is 356 g/mol. The number of nitrogens with one attached hydrogen (secondary N) is 2. The van der Waals surface area contributed by atoms with E-state index in [9.17, 15) is 9.90 Å². The van der Waals surface area contributed by atoms with Gasteiger partial charge in [0.15, 0.2) is 5.54 Å². The first kappa shape index (κ1) is 16.4. The van der Waals surface area contributed by atoms with Crippen molar-refractivity contribution in [2.75, 3.05) is 6.54 Å². The molecule has 130 valence electrons. The minimum Gasteiger partial charge on any atom is -0.392 e. The van der Waals surface area contributed by atoms with Gasteiger partial charge in [0, 0.05) is 6.54 Å².